The van der Waals surface area contributed by atoms with Gasteiger partial charge in [-0.1, -0.05) is 13.8 Å². The average Bonchev–Trinajstić information content (AvgIpc) is 3.21. The summed E-state index contributed by atoms with van der Waals surface area (Å²) in [6, 6.07) is 0. The number of ketones is 1. The average molecular weight is 364 g/mol. The summed E-state index contributed by atoms with van der Waals surface area (Å²) in [6.07, 6.45) is 3.70. The summed E-state index contributed by atoms with van der Waals surface area (Å²) in [6.45, 7) is 6.15. The number of ether oxygens (including phenoxy) is 3. The summed E-state index contributed by atoms with van der Waals surface area (Å²) in [5, 5.41) is 9.90. The van der Waals surface area contributed by atoms with E-state index in [0.717, 1.165) is 12.8 Å². The van der Waals surface area contributed by atoms with Crippen molar-refractivity contribution in [2.45, 2.75) is 89.5 Å². The zero-order chi connectivity index (χ0) is 18.5. The SMILES string of the molecule is C[C@@H]1C[C@H]2OC(=O)[C@@]3(C)C(=O)CC[C@@](C)([C@@H]23)[C@@]12CC[C@]1(CC[C@@H](O)O1)O2. The first-order valence-electron chi connectivity index (χ1n) is 9.97. The van der Waals surface area contributed by atoms with Gasteiger partial charge in [0.25, 0.3) is 0 Å². The summed E-state index contributed by atoms with van der Waals surface area (Å²) >= 11 is 0. The molecule has 2 saturated carbocycles. The third kappa shape index (κ3) is 1.74. The van der Waals surface area contributed by atoms with E-state index in [1.807, 2.05) is 0 Å². The van der Waals surface area contributed by atoms with Gasteiger partial charge in [-0.2, -0.15) is 0 Å². The van der Waals surface area contributed by atoms with Gasteiger partial charge in [-0.15, -0.1) is 0 Å². The Morgan fingerprint density at radius 2 is 1.88 bits per heavy atom. The minimum Gasteiger partial charge on any atom is -0.461 e. The van der Waals surface area contributed by atoms with Crippen LogP contribution in [0.4, 0.5) is 0 Å². The number of fused-ring (bicyclic) bond motifs is 1. The van der Waals surface area contributed by atoms with Crippen LogP contribution in [0.25, 0.3) is 0 Å². The molecule has 8 atom stereocenters. The topological polar surface area (TPSA) is 82.1 Å². The number of carbonyl (C=O) groups is 2. The molecule has 1 N–H and O–H groups in total. The second-order valence-corrected chi connectivity index (χ2v) is 9.61. The highest BCUT2D eigenvalue weighted by atomic mass is 16.8. The third-order valence-electron chi connectivity index (χ3n) is 8.53. The molecule has 0 aromatic rings. The number of hydrogen-bond acceptors (Lipinski definition) is 6. The highest BCUT2D eigenvalue weighted by Gasteiger charge is 2.76. The van der Waals surface area contributed by atoms with Crippen molar-refractivity contribution in [2.75, 3.05) is 0 Å². The molecule has 5 fully saturated rings. The van der Waals surface area contributed by atoms with Gasteiger partial charge in [-0.25, -0.2) is 0 Å². The molecule has 5 aliphatic rings. The van der Waals surface area contributed by atoms with Crippen LogP contribution in [0.1, 0.15) is 65.7 Å². The molecule has 0 aromatic heterocycles. The van der Waals surface area contributed by atoms with Crippen molar-refractivity contribution in [1.29, 1.82) is 0 Å². The Hall–Kier alpha value is -0.980. The Morgan fingerprint density at radius 1 is 1.12 bits per heavy atom. The lowest BCUT2D eigenvalue weighted by molar-refractivity contribution is -0.318. The van der Waals surface area contributed by atoms with Crippen molar-refractivity contribution in [3.63, 3.8) is 0 Å². The van der Waals surface area contributed by atoms with Crippen LogP contribution in [0.3, 0.4) is 0 Å². The van der Waals surface area contributed by atoms with E-state index in [1.165, 1.54) is 0 Å². The van der Waals surface area contributed by atoms with Crippen molar-refractivity contribution in [2.24, 2.45) is 22.7 Å². The molecule has 5 rings (SSSR count). The fourth-order valence-corrected chi connectivity index (χ4v) is 7.24. The van der Waals surface area contributed by atoms with Crippen molar-refractivity contribution in [1.82, 2.24) is 0 Å². The van der Waals surface area contributed by atoms with Crippen LogP contribution < -0.4 is 0 Å². The first-order valence-corrected chi connectivity index (χ1v) is 9.97. The molecule has 0 bridgehead atoms. The number of Topliss-reactive ketones (excluding diaryl/α,β-unsaturated/α-hetero) is 1. The molecule has 0 aromatic carbocycles. The Labute approximate surface area is 153 Å². The number of aliphatic hydroxyl groups excluding tert-OH is 1. The van der Waals surface area contributed by atoms with Crippen LogP contribution in [0.5, 0.6) is 0 Å². The first-order chi connectivity index (χ1) is 12.2. The fraction of sp³-hybridized carbons (Fsp3) is 0.900. The largest absolute Gasteiger partial charge is 0.461 e. The number of rotatable bonds is 0. The van der Waals surface area contributed by atoms with Gasteiger partial charge in [0, 0.05) is 37.0 Å². The van der Waals surface area contributed by atoms with E-state index < -0.39 is 23.1 Å². The molecular formula is C20H28O6. The Balaban J connectivity index is 1.60. The molecule has 2 spiro atoms. The fourth-order valence-electron chi connectivity index (χ4n) is 7.24. The van der Waals surface area contributed by atoms with Crippen molar-refractivity contribution in [3.05, 3.63) is 0 Å². The van der Waals surface area contributed by atoms with Crippen molar-refractivity contribution in [3.8, 4) is 0 Å². The molecule has 26 heavy (non-hydrogen) atoms. The number of aliphatic hydroxyl groups is 1. The van der Waals surface area contributed by atoms with Gasteiger partial charge in [-0.05, 0) is 32.1 Å². The summed E-state index contributed by atoms with van der Waals surface area (Å²) in [5.41, 5.74) is -1.83. The lowest BCUT2D eigenvalue weighted by atomic mass is 9.44. The van der Waals surface area contributed by atoms with Crippen LogP contribution in [0, 0.1) is 22.7 Å². The second kappa shape index (κ2) is 4.89. The van der Waals surface area contributed by atoms with Crippen LogP contribution in [-0.2, 0) is 23.8 Å². The third-order valence-corrected chi connectivity index (χ3v) is 8.53. The van der Waals surface area contributed by atoms with Gasteiger partial charge in [0.2, 0.25) is 0 Å². The highest BCUT2D eigenvalue weighted by molar-refractivity contribution is 6.06. The highest BCUT2D eigenvalue weighted by Crippen LogP contribution is 2.70. The minimum atomic E-state index is -1.06. The molecule has 3 heterocycles. The first kappa shape index (κ1) is 17.1. The lowest BCUT2D eigenvalue weighted by Crippen LogP contribution is -2.67. The molecule has 6 nitrogen and oxygen atoms in total. The van der Waals surface area contributed by atoms with Crippen LogP contribution in [-0.4, -0.2) is 40.6 Å². The molecule has 0 amide bonds. The minimum absolute atomic E-state index is 0.0115. The van der Waals surface area contributed by atoms with E-state index in [9.17, 15) is 14.7 Å². The Bertz CT molecular complexity index is 692. The monoisotopic (exact) mass is 364 g/mol. The van der Waals surface area contributed by atoms with E-state index in [4.69, 9.17) is 14.2 Å². The number of esters is 1. The maximum atomic E-state index is 12.8. The van der Waals surface area contributed by atoms with Gasteiger partial charge < -0.3 is 19.3 Å². The molecule has 0 unspecified atom stereocenters. The van der Waals surface area contributed by atoms with Gasteiger partial charge >= 0.3 is 5.97 Å². The Kier molecular flexibility index (Phi) is 3.22. The molecule has 0 radical (unpaired) electrons. The normalized spacial score (nSPS) is 58.5. The van der Waals surface area contributed by atoms with Crippen molar-refractivity contribution < 1.29 is 28.9 Å². The Morgan fingerprint density at radius 3 is 2.58 bits per heavy atom. The second-order valence-electron chi connectivity index (χ2n) is 9.61. The van der Waals surface area contributed by atoms with Gasteiger partial charge in [0.1, 0.15) is 17.3 Å². The number of carbonyl (C=O) groups excluding carboxylic acids is 2. The van der Waals surface area contributed by atoms with Crippen LogP contribution in [0.15, 0.2) is 0 Å². The van der Waals surface area contributed by atoms with E-state index in [2.05, 4.69) is 13.8 Å². The van der Waals surface area contributed by atoms with E-state index in [0.29, 0.717) is 32.1 Å². The maximum absolute atomic E-state index is 12.8. The van der Waals surface area contributed by atoms with Crippen LogP contribution in [0.2, 0.25) is 0 Å². The maximum Gasteiger partial charge on any atom is 0.320 e. The quantitative estimate of drug-likeness (QED) is 0.525. The summed E-state index contributed by atoms with van der Waals surface area (Å²) in [5.74, 6) is -1.02. The molecule has 3 saturated heterocycles. The van der Waals surface area contributed by atoms with Gasteiger partial charge in [-0.3, -0.25) is 9.59 Å². The lowest BCUT2D eigenvalue weighted by Gasteiger charge is -2.61. The van der Waals surface area contributed by atoms with E-state index in [1.54, 1.807) is 6.92 Å². The summed E-state index contributed by atoms with van der Waals surface area (Å²) < 4.78 is 18.3. The predicted octanol–water partition coefficient (Wildman–Crippen LogP) is 2.32. The molecule has 3 aliphatic heterocycles. The van der Waals surface area contributed by atoms with E-state index >= 15 is 0 Å². The number of hydrogen-bond donors (Lipinski definition) is 1. The molecule has 2 aliphatic carbocycles. The van der Waals surface area contributed by atoms with Gasteiger partial charge in [0.15, 0.2) is 12.1 Å². The van der Waals surface area contributed by atoms with Crippen LogP contribution >= 0.6 is 0 Å². The smallest absolute Gasteiger partial charge is 0.320 e. The zero-order valence-corrected chi connectivity index (χ0v) is 15.7. The molecule has 6 heteroatoms. The summed E-state index contributed by atoms with van der Waals surface area (Å²) in [4.78, 5) is 25.4. The standard InChI is InChI=1S/C20H28O6/c1-11-10-12-15-17(2,6-4-13(21)18(15,3)16(23)24-12)20(11)9-8-19(26-20)7-5-14(22)25-19/h11-12,14-15,22H,4-10H2,1-3H3/t11-,12-,14+,15-,17+,18+,19+,20-/m1/s1. The van der Waals surface area contributed by atoms with Gasteiger partial charge in [0.05, 0.1) is 5.60 Å². The molecular weight excluding hydrogens is 336 g/mol. The molecule has 144 valence electrons. The zero-order valence-electron chi connectivity index (χ0n) is 15.7. The van der Waals surface area contributed by atoms with E-state index in [-0.39, 0.29) is 35.1 Å². The van der Waals surface area contributed by atoms with Crippen molar-refractivity contribution >= 4 is 11.8 Å². The summed E-state index contributed by atoms with van der Waals surface area (Å²) in [7, 11) is 0. The predicted molar refractivity (Wildman–Crippen MR) is 89.7 cm³/mol.